The van der Waals surface area contributed by atoms with Crippen molar-refractivity contribution in [2.24, 2.45) is 5.73 Å². The first-order valence-electron chi connectivity index (χ1n) is 6.31. The summed E-state index contributed by atoms with van der Waals surface area (Å²) < 4.78 is 51.2. The summed E-state index contributed by atoms with van der Waals surface area (Å²) in [5.41, 5.74) is 4.44. The van der Waals surface area contributed by atoms with Crippen LogP contribution in [-0.2, 0) is 9.31 Å². The van der Waals surface area contributed by atoms with Crippen LogP contribution in [0, 0.1) is 17.5 Å². The van der Waals surface area contributed by atoms with Gasteiger partial charge in [-0.3, -0.25) is 0 Å². The van der Waals surface area contributed by atoms with Gasteiger partial charge in [0.05, 0.1) is 17.1 Å². The molecule has 1 atom stereocenters. The Kier molecular flexibility index (Phi) is 3.65. The van der Waals surface area contributed by atoms with Gasteiger partial charge < -0.3 is 15.0 Å². The normalized spacial score (nSPS) is 22.1. The first-order chi connectivity index (χ1) is 9.05. The van der Waals surface area contributed by atoms with Gasteiger partial charge in [-0.1, -0.05) is 0 Å². The second kappa shape index (κ2) is 4.75. The molecule has 0 unspecified atom stereocenters. The largest absolute Gasteiger partial charge is 0.480 e. The summed E-state index contributed by atoms with van der Waals surface area (Å²) in [7, 11) is -0.931. The van der Waals surface area contributed by atoms with Crippen molar-refractivity contribution in [1.82, 2.24) is 0 Å². The van der Waals surface area contributed by atoms with Crippen LogP contribution in [0.15, 0.2) is 12.1 Å². The van der Waals surface area contributed by atoms with Crippen LogP contribution in [0.2, 0.25) is 0 Å². The Hall–Kier alpha value is -1.05. The number of hydrogen-bond acceptors (Lipinski definition) is 3. The summed E-state index contributed by atoms with van der Waals surface area (Å²) in [5, 5.41) is 0. The van der Waals surface area contributed by atoms with Gasteiger partial charge in [0.25, 0.3) is 0 Å². The molecule has 2 N–H and O–H groups in total. The molecule has 7 heteroatoms. The topological polar surface area (TPSA) is 44.5 Å². The smallest absolute Gasteiger partial charge is 0.402 e. The molecule has 1 aromatic carbocycles. The van der Waals surface area contributed by atoms with Crippen molar-refractivity contribution in [3.8, 4) is 0 Å². The summed E-state index contributed by atoms with van der Waals surface area (Å²) in [6.07, 6.45) is 0. The summed E-state index contributed by atoms with van der Waals surface area (Å²) in [6.45, 7) is 7.28. The Morgan fingerprint density at radius 3 is 1.90 bits per heavy atom. The van der Waals surface area contributed by atoms with E-state index in [1.807, 2.05) is 27.7 Å². The van der Waals surface area contributed by atoms with Gasteiger partial charge in [0, 0.05) is 11.6 Å². The molecule has 0 bridgehead atoms. The molecule has 0 aliphatic carbocycles. The molecule has 110 valence electrons. The minimum atomic E-state index is -1.26. The van der Waals surface area contributed by atoms with Crippen molar-refractivity contribution in [2.75, 3.05) is 0 Å². The molecule has 0 aromatic heterocycles. The molecule has 1 heterocycles. The van der Waals surface area contributed by atoms with E-state index in [-0.39, 0.29) is 5.56 Å². The van der Waals surface area contributed by atoms with Crippen molar-refractivity contribution in [2.45, 2.75) is 44.8 Å². The highest BCUT2D eigenvalue weighted by Crippen LogP contribution is 2.39. The van der Waals surface area contributed by atoms with Crippen molar-refractivity contribution < 1.29 is 22.5 Å². The van der Waals surface area contributed by atoms with E-state index in [0.717, 1.165) is 6.07 Å². The molecule has 1 saturated heterocycles. The molecular weight excluding hydrogens is 270 g/mol. The van der Waals surface area contributed by atoms with Crippen molar-refractivity contribution in [1.29, 1.82) is 0 Å². The van der Waals surface area contributed by atoms with Crippen LogP contribution in [0.1, 0.15) is 39.2 Å². The van der Waals surface area contributed by atoms with Crippen molar-refractivity contribution in [3.63, 3.8) is 0 Å². The number of nitrogens with two attached hydrogens (primary N) is 1. The molecule has 1 aliphatic heterocycles. The molecule has 0 amide bonds. The molecule has 1 aromatic rings. The molecular formula is C13H17BF3NO2. The maximum atomic E-state index is 13.7. The third kappa shape index (κ3) is 2.45. The third-order valence-electron chi connectivity index (χ3n) is 3.96. The summed E-state index contributed by atoms with van der Waals surface area (Å²) in [5.74, 6) is -4.39. The van der Waals surface area contributed by atoms with E-state index >= 15 is 0 Å². The molecule has 20 heavy (non-hydrogen) atoms. The molecule has 0 radical (unpaired) electrons. The highest BCUT2D eigenvalue weighted by molar-refractivity contribution is 6.47. The van der Waals surface area contributed by atoms with Gasteiger partial charge >= 0.3 is 7.12 Å². The van der Waals surface area contributed by atoms with Gasteiger partial charge in [0.1, 0.15) is 5.82 Å². The standard InChI is InChI=1S/C13H17BF3NO2/c1-12(2)13(3,4)20-14(19-12)11(18)7-5-9(16)10(17)6-8(7)15/h5-6,11H,18H2,1-4H3/t11-/m0/s1. The van der Waals surface area contributed by atoms with Crippen molar-refractivity contribution in [3.05, 3.63) is 35.1 Å². The zero-order valence-electron chi connectivity index (χ0n) is 11.8. The van der Waals surface area contributed by atoms with Gasteiger partial charge in [0.15, 0.2) is 11.6 Å². The van der Waals surface area contributed by atoms with Gasteiger partial charge in [-0.15, -0.1) is 0 Å². The zero-order valence-corrected chi connectivity index (χ0v) is 11.8. The minimum Gasteiger partial charge on any atom is -0.402 e. The third-order valence-corrected chi connectivity index (χ3v) is 3.96. The number of halogens is 3. The number of hydrogen-bond donors (Lipinski definition) is 1. The van der Waals surface area contributed by atoms with E-state index in [4.69, 9.17) is 15.0 Å². The molecule has 0 saturated carbocycles. The fourth-order valence-corrected chi connectivity index (χ4v) is 1.98. The Labute approximate surface area is 116 Å². The summed E-state index contributed by atoms with van der Waals surface area (Å²) in [4.78, 5) is 0. The van der Waals surface area contributed by atoms with E-state index < -0.39 is 41.7 Å². The van der Waals surface area contributed by atoms with Gasteiger partial charge in [-0.05, 0) is 33.8 Å². The number of benzene rings is 1. The van der Waals surface area contributed by atoms with Gasteiger partial charge in [-0.2, -0.15) is 0 Å². The quantitative estimate of drug-likeness (QED) is 0.672. The monoisotopic (exact) mass is 287 g/mol. The summed E-state index contributed by atoms with van der Waals surface area (Å²) in [6, 6.07) is 1.20. The van der Waals surface area contributed by atoms with Crippen LogP contribution < -0.4 is 5.73 Å². The second-order valence-corrected chi connectivity index (χ2v) is 5.94. The first kappa shape index (κ1) is 15.3. The van der Waals surface area contributed by atoms with Crippen LogP contribution in [0.5, 0.6) is 0 Å². The lowest BCUT2D eigenvalue weighted by Gasteiger charge is -2.32. The second-order valence-electron chi connectivity index (χ2n) is 5.94. The van der Waals surface area contributed by atoms with Crippen LogP contribution >= 0.6 is 0 Å². The lowest BCUT2D eigenvalue weighted by Crippen LogP contribution is -2.41. The Bertz CT molecular complexity index is 521. The van der Waals surface area contributed by atoms with Crippen LogP contribution in [0.25, 0.3) is 0 Å². The maximum absolute atomic E-state index is 13.7. The van der Waals surface area contributed by atoms with Crippen molar-refractivity contribution >= 4 is 7.12 Å². The Morgan fingerprint density at radius 1 is 0.950 bits per heavy atom. The Morgan fingerprint density at radius 2 is 1.40 bits per heavy atom. The number of rotatable bonds is 2. The fourth-order valence-electron chi connectivity index (χ4n) is 1.98. The zero-order chi connectivity index (χ0) is 15.3. The highest BCUT2D eigenvalue weighted by atomic mass is 19.2. The van der Waals surface area contributed by atoms with Gasteiger partial charge in [0.2, 0.25) is 0 Å². The van der Waals surface area contributed by atoms with Crippen LogP contribution in [0.4, 0.5) is 13.2 Å². The minimum absolute atomic E-state index is 0.178. The SMILES string of the molecule is CC1(C)OB([C@@H](N)c2cc(F)c(F)cc2F)OC1(C)C. The lowest BCUT2D eigenvalue weighted by atomic mass is 9.74. The average molecular weight is 287 g/mol. The molecule has 0 spiro atoms. The molecule has 1 fully saturated rings. The van der Waals surface area contributed by atoms with Crippen LogP contribution in [0.3, 0.4) is 0 Å². The highest BCUT2D eigenvalue weighted by Gasteiger charge is 2.53. The van der Waals surface area contributed by atoms with E-state index in [1.165, 1.54) is 0 Å². The predicted octanol–water partition coefficient (Wildman–Crippen LogP) is 2.74. The summed E-state index contributed by atoms with van der Waals surface area (Å²) >= 11 is 0. The van der Waals surface area contributed by atoms with E-state index in [0.29, 0.717) is 6.07 Å². The van der Waals surface area contributed by atoms with E-state index in [1.54, 1.807) is 0 Å². The molecule has 2 rings (SSSR count). The van der Waals surface area contributed by atoms with E-state index in [9.17, 15) is 13.2 Å². The van der Waals surface area contributed by atoms with Gasteiger partial charge in [-0.25, -0.2) is 13.2 Å². The lowest BCUT2D eigenvalue weighted by molar-refractivity contribution is 0.00578. The Balaban J connectivity index is 2.30. The average Bonchev–Trinajstić information content (AvgIpc) is 2.52. The van der Waals surface area contributed by atoms with E-state index in [2.05, 4.69) is 0 Å². The predicted molar refractivity (Wildman–Crippen MR) is 69.3 cm³/mol. The molecule has 1 aliphatic rings. The maximum Gasteiger partial charge on any atom is 0.480 e. The molecule has 3 nitrogen and oxygen atoms in total. The van der Waals surface area contributed by atoms with Crippen LogP contribution in [-0.4, -0.2) is 18.3 Å². The fraction of sp³-hybridized carbons (Fsp3) is 0.538. The first-order valence-corrected chi connectivity index (χ1v) is 6.31.